The maximum atomic E-state index is 11.6. The maximum absolute atomic E-state index is 11.6. The van der Waals surface area contributed by atoms with Crippen LogP contribution in [0.25, 0.3) is 0 Å². The fourth-order valence-electron chi connectivity index (χ4n) is 3.82. The molecule has 5 heteroatoms. The minimum absolute atomic E-state index is 0.155. The van der Waals surface area contributed by atoms with Crippen LogP contribution in [-0.4, -0.2) is 26.4 Å². The predicted molar refractivity (Wildman–Crippen MR) is 117 cm³/mol. The van der Waals surface area contributed by atoms with Gasteiger partial charge in [-0.1, -0.05) is 103 Å². The monoisotopic (exact) mass is 408 g/mol. The van der Waals surface area contributed by atoms with E-state index in [0.717, 1.165) is 19.3 Å². The first-order valence-electron chi connectivity index (χ1n) is 11.5. The van der Waals surface area contributed by atoms with Crippen molar-refractivity contribution in [2.75, 3.05) is 0 Å². The van der Waals surface area contributed by atoms with Gasteiger partial charge in [0.05, 0.1) is 5.92 Å². The van der Waals surface area contributed by atoms with E-state index >= 15 is 0 Å². The first kappa shape index (κ1) is 25.1. The summed E-state index contributed by atoms with van der Waals surface area (Å²) in [5.74, 6) is -3.55. The van der Waals surface area contributed by atoms with E-state index in [1.54, 1.807) is 0 Å². The smallest absolute Gasteiger partial charge is 0.311 e. The number of benzene rings is 1. The first-order chi connectivity index (χ1) is 14.0. The number of hydrogen-bond acceptors (Lipinski definition) is 4. The molecule has 0 aliphatic rings. The standard InChI is InChI=1S/C24H40O5/c1-2-3-4-5-6-7-8-9-10-11-12-13-14-15-16-20(24(28)29)19-17-18-21(25)23(27)22(19)26/h17-18,20,25-27H,2-16H2,1H3,(H,28,29). The molecule has 29 heavy (non-hydrogen) atoms. The highest BCUT2D eigenvalue weighted by Gasteiger charge is 2.25. The number of phenolic OH excluding ortho intramolecular Hbond substituents is 3. The summed E-state index contributed by atoms with van der Waals surface area (Å²) in [5.41, 5.74) is 0.155. The summed E-state index contributed by atoms with van der Waals surface area (Å²) in [5, 5.41) is 38.4. The van der Waals surface area contributed by atoms with Crippen molar-refractivity contribution in [2.24, 2.45) is 0 Å². The summed E-state index contributed by atoms with van der Waals surface area (Å²) in [4.78, 5) is 11.6. The summed E-state index contributed by atoms with van der Waals surface area (Å²) in [6.45, 7) is 2.25. The molecule has 1 atom stereocenters. The van der Waals surface area contributed by atoms with Crippen LogP contribution in [0.5, 0.6) is 17.2 Å². The lowest BCUT2D eigenvalue weighted by molar-refractivity contribution is -0.139. The Morgan fingerprint density at radius 3 is 1.62 bits per heavy atom. The van der Waals surface area contributed by atoms with Crippen LogP contribution in [0.2, 0.25) is 0 Å². The Balaban J connectivity index is 2.12. The van der Waals surface area contributed by atoms with E-state index in [9.17, 15) is 25.2 Å². The molecule has 0 saturated heterocycles. The van der Waals surface area contributed by atoms with Crippen molar-refractivity contribution in [3.05, 3.63) is 17.7 Å². The third kappa shape index (κ3) is 9.91. The molecule has 0 aliphatic heterocycles. The zero-order chi connectivity index (χ0) is 21.5. The van der Waals surface area contributed by atoms with Gasteiger partial charge in [-0.3, -0.25) is 4.79 Å². The van der Waals surface area contributed by atoms with Crippen molar-refractivity contribution < 1.29 is 25.2 Å². The van der Waals surface area contributed by atoms with Gasteiger partial charge in [0.2, 0.25) is 5.75 Å². The number of aromatic hydroxyl groups is 3. The van der Waals surface area contributed by atoms with Gasteiger partial charge in [-0.25, -0.2) is 0 Å². The topological polar surface area (TPSA) is 98.0 Å². The molecule has 0 radical (unpaired) electrons. The maximum Gasteiger partial charge on any atom is 0.311 e. The molecule has 0 aliphatic carbocycles. The zero-order valence-electron chi connectivity index (χ0n) is 18.0. The number of carboxylic acids is 1. The Labute approximate surface area is 175 Å². The molecular weight excluding hydrogens is 368 g/mol. The van der Waals surface area contributed by atoms with E-state index in [0.29, 0.717) is 6.42 Å². The van der Waals surface area contributed by atoms with Crippen molar-refractivity contribution in [3.63, 3.8) is 0 Å². The normalized spacial score (nSPS) is 12.2. The van der Waals surface area contributed by atoms with Crippen LogP contribution in [0.3, 0.4) is 0 Å². The minimum atomic E-state index is -1.03. The molecule has 0 amide bonds. The molecule has 0 spiro atoms. The zero-order valence-corrected chi connectivity index (χ0v) is 18.0. The Morgan fingerprint density at radius 2 is 1.17 bits per heavy atom. The molecule has 0 fully saturated rings. The van der Waals surface area contributed by atoms with Crippen molar-refractivity contribution in [2.45, 2.75) is 109 Å². The van der Waals surface area contributed by atoms with Crippen LogP contribution in [0.4, 0.5) is 0 Å². The molecule has 4 N–H and O–H groups in total. The lowest BCUT2D eigenvalue weighted by Crippen LogP contribution is -2.12. The Morgan fingerprint density at radius 1 is 0.724 bits per heavy atom. The number of carboxylic acid groups (broad SMARTS) is 1. The molecule has 0 aromatic heterocycles. The van der Waals surface area contributed by atoms with E-state index in [4.69, 9.17) is 0 Å². The summed E-state index contributed by atoms with van der Waals surface area (Å²) >= 11 is 0. The van der Waals surface area contributed by atoms with Gasteiger partial charge < -0.3 is 20.4 Å². The van der Waals surface area contributed by atoms with Crippen molar-refractivity contribution in [1.29, 1.82) is 0 Å². The summed E-state index contributed by atoms with van der Waals surface area (Å²) in [6, 6.07) is 2.58. The van der Waals surface area contributed by atoms with Crippen LogP contribution in [0.15, 0.2) is 12.1 Å². The number of unbranched alkanes of at least 4 members (excludes halogenated alkanes) is 13. The SMILES string of the molecule is CCCCCCCCCCCCCCCCC(C(=O)O)c1ccc(O)c(O)c1O. The highest BCUT2D eigenvalue weighted by Crippen LogP contribution is 2.41. The Kier molecular flexibility index (Phi) is 13.0. The molecule has 5 nitrogen and oxygen atoms in total. The van der Waals surface area contributed by atoms with Gasteiger partial charge in [0.15, 0.2) is 11.5 Å². The van der Waals surface area contributed by atoms with E-state index in [2.05, 4.69) is 6.92 Å². The van der Waals surface area contributed by atoms with Crippen LogP contribution in [0, 0.1) is 0 Å². The average Bonchev–Trinajstić information content (AvgIpc) is 2.70. The third-order valence-corrected chi connectivity index (χ3v) is 5.68. The largest absolute Gasteiger partial charge is 0.504 e. The summed E-state index contributed by atoms with van der Waals surface area (Å²) in [6.07, 6.45) is 17.8. The molecule has 1 aromatic carbocycles. The lowest BCUT2D eigenvalue weighted by atomic mass is 9.91. The van der Waals surface area contributed by atoms with E-state index in [-0.39, 0.29) is 5.56 Å². The second-order valence-electron chi connectivity index (χ2n) is 8.15. The van der Waals surface area contributed by atoms with E-state index < -0.39 is 29.1 Å². The Hall–Kier alpha value is -1.91. The minimum Gasteiger partial charge on any atom is -0.504 e. The molecular formula is C24H40O5. The van der Waals surface area contributed by atoms with Gasteiger partial charge in [-0.2, -0.15) is 0 Å². The molecule has 0 saturated carbocycles. The number of carbonyl (C=O) groups is 1. The third-order valence-electron chi connectivity index (χ3n) is 5.68. The predicted octanol–water partition coefficient (Wildman–Crippen LogP) is 6.84. The van der Waals surface area contributed by atoms with Crippen molar-refractivity contribution in [1.82, 2.24) is 0 Å². The lowest BCUT2D eigenvalue weighted by Gasteiger charge is -2.15. The van der Waals surface area contributed by atoms with E-state index in [1.807, 2.05) is 0 Å². The summed E-state index contributed by atoms with van der Waals surface area (Å²) in [7, 11) is 0. The van der Waals surface area contributed by atoms with E-state index in [1.165, 1.54) is 82.8 Å². The highest BCUT2D eigenvalue weighted by molar-refractivity contribution is 5.78. The number of phenols is 3. The number of hydrogen-bond donors (Lipinski definition) is 4. The second kappa shape index (κ2) is 15.0. The van der Waals surface area contributed by atoms with Gasteiger partial charge in [0.25, 0.3) is 0 Å². The van der Waals surface area contributed by atoms with Gasteiger partial charge in [0.1, 0.15) is 0 Å². The summed E-state index contributed by atoms with van der Waals surface area (Å²) < 4.78 is 0. The Bertz CT molecular complexity index is 585. The first-order valence-corrected chi connectivity index (χ1v) is 11.5. The number of rotatable bonds is 17. The van der Waals surface area contributed by atoms with Gasteiger partial charge in [-0.15, -0.1) is 0 Å². The quantitative estimate of drug-likeness (QED) is 0.167. The fourth-order valence-corrected chi connectivity index (χ4v) is 3.82. The van der Waals surface area contributed by atoms with Crippen molar-refractivity contribution in [3.8, 4) is 17.2 Å². The average molecular weight is 409 g/mol. The van der Waals surface area contributed by atoms with Crippen LogP contribution < -0.4 is 0 Å². The molecule has 0 bridgehead atoms. The fraction of sp³-hybridized carbons (Fsp3) is 0.708. The second-order valence-corrected chi connectivity index (χ2v) is 8.15. The molecule has 1 unspecified atom stereocenters. The van der Waals surface area contributed by atoms with Crippen LogP contribution >= 0.6 is 0 Å². The van der Waals surface area contributed by atoms with Gasteiger partial charge >= 0.3 is 5.97 Å². The molecule has 0 heterocycles. The molecule has 1 rings (SSSR count). The van der Waals surface area contributed by atoms with Crippen molar-refractivity contribution >= 4 is 5.97 Å². The number of aliphatic carboxylic acids is 1. The highest BCUT2D eigenvalue weighted by atomic mass is 16.4. The van der Waals surface area contributed by atoms with Gasteiger partial charge in [0, 0.05) is 5.56 Å². The van der Waals surface area contributed by atoms with Crippen LogP contribution in [0.1, 0.15) is 115 Å². The molecule has 1 aromatic rings. The molecule has 166 valence electrons. The van der Waals surface area contributed by atoms with Crippen LogP contribution in [-0.2, 0) is 4.79 Å². The van der Waals surface area contributed by atoms with Gasteiger partial charge in [-0.05, 0) is 12.5 Å².